The van der Waals surface area contributed by atoms with Gasteiger partial charge in [-0.1, -0.05) is 47.5 Å². The number of rotatable bonds is 5. The van der Waals surface area contributed by atoms with Crippen molar-refractivity contribution >= 4 is 51.2 Å². The zero-order valence-corrected chi connectivity index (χ0v) is 16.0. The van der Waals surface area contributed by atoms with Crippen molar-refractivity contribution in [2.45, 2.75) is 12.8 Å². The van der Waals surface area contributed by atoms with Crippen LogP contribution < -0.4 is 0 Å². The molecule has 0 spiro atoms. The smallest absolute Gasteiger partial charge is 0.164 e. The van der Waals surface area contributed by atoms with Crippen LogP contribution in [0.1, 0.15) is 22.3 Å². The molecule has 2 heterocycles. The van der Waals surface area contributed by atoms with Gasteiger partial charge in [-0.05, 0) is 36.2 Å². The number of para-hydroxylation sites is 1. The summed E-state index contributed by atoms with van der Waals surface area (Å²) in [7, 11) is 0. The lowest BCUT2D eigenvalue weighted by Crippen LogP contribution is -2.00. The Morgan fingerprint density at radius 1 is 1.08 bits per heavy atom. The third kappa shape index (κ3) is 3.28. The Morgan fingerprint density at radius 3 is 2.65 bits per heavy atom. The molecule has 1 N–H and O–H groups in total. The molecule has 0 amide bonds. The first-order valence-corrected chi connectivity index (χ1v) is 9.75. The van der Waals surface area contributed by atoms with Gasteiger partial charge in [0.05, 0.1) is 10.4 Å². The van der Waals surface area contributed by atoms with Gasteiger partial charge in [0.25, 0.3) is 0 Å². The van der Waals surface area contributed by atoms with E-state index in [1.54, 1.807) is 18.2 Å². The number of ketones is 1. The molecule has 0 saturated carbocycles. The van der Waals surface area contributed by atoms with Crippen molar-refractivity contribution in [1.82, 2.24) is 10.2 Å². The number of benzene rings is 2. The maximum atomic E-state index is 12.6. The molecule has 26 heavy (non-hydrogen) atoms. The molecule has 130 valence electrons. The Morgan fingerprint density at radius 2 is 1.85 bits per heavy atom. The SMILES string of the molecule is O=C(CCc1c(Cl)cccc1Cl)c1csc(-c2n[nH]c3ccccc23)c1. The molecular weight excluding hydrogens is 387 g/mol. The monoisotopic (exact) mass is 400 g/mol. The average molecular weight is 401 g/mol. The number of carbonyl (C=O) groups is 1. The highest BCUT2D eigenvalue weighted by molar-refractivity contribution is 7.14. The highest BCUT2D eigenvalue weighted by atomic mass is 35.5. The van der Waals surface area contributed by atoms with Gasteiger partial charge in [0.2, 0.25) is 0 Å². The summed E-state index contributed by atoms with van der Waals surface area (Å²) in [6, 6.07) is 15.2. The molecule has 0 aliphatic rings. The number of halogens is 2. The molecule has 2 aromatic carbocycles. The van der Waals surface area contributed by atoms with E-state index in [1.165, 1.54) is 11.3 Å². The molecule has 0 fully saturated rings. The summed E-state index contributed by atoms with van der Waals surface area (Å²) in [6.45, 7) is 0. The Labute approximate surface area is 164 Å². The van der Waals surface area contributed by atoms with E-state index in [9.17, 15) is 4.79 Å². The van der Waals surface area contributed by atoms with Gasteiger partial charge in [-0.25, -0.2) is 0 Å². The first kappa shape index (κ1) is 17.3. The standard InChI is InChI=1S/C20H14Cl2N2OS/c21-15-5-3-6-16(22)13(15)8-9-18(25)12-10-19(26-11-12)20-14-4-1-2-7-17(14)23-24-20/h1-7,10-11H,8-9H2,(H,23,24). The van der Waals surface area contributed by atoms with Crippen LogP contribution in [0.3, 0.4) is 0 Å². The summed E-state index contributed by atoms with van der Waals surface area (Å²) in [5, 5.41) is 11.6. The minimum atomic E-state index is 0.0725. The van der Waals surface area contributed by atoms with Crippen molar-refractivity contribution in [2.24, 2.45) is 0 Å². The lowest BCUT2D eigenvalue weighted by Gasteiger charge is -2.05. The van der Waals surface area contributed by atoms with Crippen LogP contribution in [-0.4, -0.2) is 16.0 Å². The fourth-order valence-electron chi connectivity index (χ4n) is 2.91. The van der Waals surface area contributed by atoms with E-state index in [0.29, 0.717) is 28.5 Å². The topological polar surface area (TPSA) is 45.8 Å². The van der Waals surface area contributed by atoms with Gasteiger partial charge in [-0.2, -0.15) is 5.10 Å². The van der Waals surface area contributed by atoms with Crippen molar-refractivity contribution in [2.75, 3.05) is 0 Å². The lowest BCUT2D eigenvalue weighted by molar-refractivity contribution is 0.0983. The highest BCUT2D eigenvalue weighted by Crippen LogP contribution is 2.32. The van der Waals surface area contributed by atoms with Gasteiger partial charge in [-0.3, -0.25) is 9.89 Å². The van der Waals surface area contributed by atoms with Crippen LogP contribution in [0.15, 0.2) is 53.9 Å². The second-order valence-electron chi connectivity index (χ2n) is 5.94. The van der Waals surface area contributed by atoms with Crippen molar-refractivity contribution in [3.05, 3.63) is 75.1 Å². The van der Waals surface area contributed by atoms with Gasteiger partial charge >= 0.3 is 0 Å². The number of nitrogens with zero attached hydrogens (tertiary/aromatic N) is 1. The van der Waals surface area contributed by atoms with Crippen LogP contribution in [0.25, 0.3) is 21.5 Å². The number of hydrogen-bond donors (Lipinski definition) is 1. The number of fused-ring (bicyclic) bond motifs is 1. The van der Waals surface area contributed by atoms with Gasteiger partial charge in [0.1, 0.15) is 5.69 Å². The van der Waals surface area contributed by atoms with Gasteiger partial charge in [-0.15, -0.1) is 11.3 Å². The molecule has 4 aromatic rings. The van der Waals surface area contributed by atoms with Gasteiger partial charge < -0.3 is 0 Å². The quantitative estimate of drug-likeness (QED) is 0.393. The minimum Gasteiger partial charge on any atom is -0.294 e. The van der Waals surface area contributed by atoms with Crippen LogP contribution >= 0.6 is 34.5 Å². The maximum absolute atomic E-state index is 12.6. The first-order chi connectivity index (χ1) is 12.6. The molecule has 0 aliphatic carbocycles. The first-order valence-electron chi connectivity index (χ1n) is 8.11. The second kappa shape index (κ2) is 7.23. The van der Waals surface area contributed by atoms with Crippen molar-refractivity contribution in [3.63, 3.8) is 0 Å². The van der Waals surface area contributed by atoms with Crippen molar-refractivity contribution < 1.29 is 4.79 Å². The third-order valence-corrected chi connectivity index (χ3v) is 5.93. The van der Waals surface area contributed by atoms with Gasteiger partial charge in [0, 0.05) is 32.8 Å². The van der Waals surface area contributed by atoms with Crippen LogP contribution in [0.4, 0.5) is 0 Å². The minimum absolute atomic E-state index is 0.0725. The summed E-state index contributed by atoms with van der Waals surface area (Å²) >= 11 is 13.9. The third-order valence-electron chi connectivity index (χ3n) is 4.29. The molecule has 6 heteroatoms. The van der Waals surface area contributed by atoms with Crippen molar-refractivity contribution in [1.29, 1.82) is 0 Å². The number of hydrogen-bond acceptors (Lipinski definition) is 3. The number of Topliss-reactive ketones (excluding diaryl/α,β-unsaturated/α-hetero) is 1. The van der Waals surface area contributed by atoms with E-state index in [-0.39, 0.29) is 5.78 Å². The maximum Gasteiger partial charge on any atom is 0.164 e. The highest BCUT2D eigenvalue weighted by Gasteiger charge is 2.15. The van der Waals surface area contributed by atoms with Crippen LogP contribution in [0, 0.1) is 0 Å². The average Bonchev–Trinajstić information content (AvgIpc) is 3.28. The second-order valence-corrected chi connectivity index (χ2v) is 7.67. The van der Waals surface area contributed by atoms with Crippen LogP contribution in [0.5, 0.6) is 0 Å². The number of carbonyl (C=O) groups excluding carboxylic acids is 1. The molecule has 0 atom stereocenters. The number of nitrogens with one attached hydrogen (secondary N) is 1. The fourth-order valence-corrected chi connectivity index (χ4v) is 4.41. The molecule has 0 bridgehead atoms. The number of H-pyrrole nitrogens is 1. The molecule has 0 aliphatic heterocycles. The lowest BCUT2D eigenvalue weighted by atomic mass is 10.0. The van der Waals surface area contributed by atoms with Crippen LogP contribution in [-0.2, 0) is 6.42 Å². The summed E-state index contributed by atoms with van der Waals surface area (Å²) in [5.74, 6) is 0.0725. The van der Waals surface area contributed by atoms with E-state index < -0.39 is 0 Å². The summed E-state index contributed by atoms with van der Waals surface area (Å²) in [5.41, 5.74) is 3.37. The van der Waals surface area contributed by atoms with Crippen LogP contribution in [0.2, 0.25) is 10.0 Å². The van der Waals surface area contributed by atoms with E-state index in [0.717, 1.165) is 27.0 Å². The molecule has 0 saturated heterocycles. The van der Waals surface area contributed by atoms with E-state index >= 15 is 0 Å². The van der Waals surface area contributed by atoms with E-state index in [4.69, 9.17) is 23.2 Å². The molecule has 3 nitrogen and oxygen atoms in total. The Balaban J connectivity index is 1.53. The largest absolute Gasteiger partial charge is 0.294 e. The fraction of sp³-hybridized carbons (Fsp3) is 0.100. The zero-order chi connectivity index (χ0) is 18.1. The summed E-state index contributed by atoms with van der Waals surface area (Å²) < 4.78 is 0. The Hall–Kier alpha value is -2.14. The molecule has 0 unspecified atom stereocenters. The normalized spacial score (nSPS) is 11.2. The molecular formula is C20H14Cl2N2OS. The summed E-state index contributed by atoms with van der Waals surface area (Å²) in [4.78, 5) is 13.6. The summed E-state index contributed by atoms with van der Waals surface area (Å²) in [6.07, 6.45) is 0.884. The zero-order valence-electron chi connectivity index (χ0n) is 13.6. The van der Waals surface area contributed by atoms with Crippen molar-refractivity contribution in [3.8, 4) is 10.6 Å². The predicted molar refractivity (Wildman–Crippen MR) is 109 cm³/mol. The predicted octanol–water partition coefficient (Wildman–Crippen LogP) is 6.41. The Kier molecular flexibility index (Phi) is 4.81. The number of aromatic amines is 1. The Bertz CT molecular complexity index is 1080. The molecule has 4 rings (SSSR count). The molecule has 0 radical (unpaired) electrons. The number of aromatic nitrogens is 2. The molecule has 2 aromatic heterocycles. The van der Waals surface area contributed by atoms with Gasteiger partial charge in [0.15, 0.2) is 5.78 Å². The number of thiophene rings is 1. The van der Waals surface area contributed by atoms with E-state index in [1.807, 2.05) is 35.7 Å². The van der Waals surface area contributed by atoms with E-state index in [2.05, 4.69) is 10.2 Å².